The molecular formula is C15H12FN3O2. The van der Waals surface area contributed by atoms with Crippen LogP contribution in [0.3, 0.4) is 0 Å². The number of H-pyrrole nitrogens is 1. The van der Waals surface area contributed by atoms with Crippen LogP contribution in [0.2, 0.25) is 0 Å². The Bertz CT molecular complexity index is 733. The van der Waals surface area contributed by atoms with Gasteiger partial charge in [0.15, 0.2) is 0 Å². The smallest absolute Gasteiger partial charge is 0.269 e. The molecule has 0 aliphatic carbocycles. The largest absolute Gasteiger partial charge is 0.472 e. The third-order valence-electron chi connectivity index (χ3n) is 3.00. The SMILES string of the molecule is O=C(NCc1ccoc1)c1cc(-c2ccc(F)cc2)n[nH]1. The monoisotopic (exact) mass is 285 g/mol. The summed E-state index contributed by atoms with van der Waals surface area (Å²) < 4.78 is 17.8. The maximum absolute atomic E-state index is 12.9. The fraction of sp³-hybridized carbons (Fsp3) is 0.0667. The number of amides is 1. The zero-order chi connectivity index (χ0) is 14.7. The summed E-state index contributed by atoms with van der Waals surface area (Å²) in [6.45, 7) is 0.375. The van der Waals surface area contributed by atoms with Crippen molar-refractivity contribution in [1.29, 1.82) is 0 Å². The Morgan fingerprint density at radius 2 is 2.10 bits per heavy atom. The van der Waals surface area contributed by atoms with E-state index in [1.165, 1.54) is 12.1 Å². The highest BCUT2D eigenvalue weighted by Crippen LogP contribution is 2.18. The van der Waals surface area contributed by atoms with Gasteiger partial charge in [0.2, 0.25) is 0 Å². The molecule has 5 nitrogen and oxygen atoms in total. The highest BCUT2D eigenvalue weighted by atomic mass is 19.1. The van der Waals surface area contributed by atoms with Gasteiger partial charge in [-0.15, -0.1) is 0 Å². The number of rotatable bonds is 4. The van der Waals surface area contributed by atoms with Gasteiger partial charge < -0.3 is 9.73 Å². The van der Waals surface area contributed by atoms with Crippen molar-refractivity contribution in [1.82, 2.24) is 15.5 Å². The maximum atomic E-state index is 12.9. The Morgan fingerprint density at radius 1 is 1.29 bits per heavy atom. The first-order valence-corrected chi connectivity index (χ1v) is 6.33. The molecule has 1 amide bonds. The average Bonchev–Trinajstić information content (AvgIpc) is 3.17. The van der Waals surface area contributed by atoms with Crippen molar-refractivity contribution < 1.29 is 13.6 Å². The van der Waals surface area contributed by atoms with Crippen LogP contribution >= 0.6 is 0 Å². The van der Waals surface area contributed by atoms with Crippen molar-refractivity contribution in [2.24, 2.45) is 0 Å². The second-order valence-electron chi connectivity index (χ2n) is 4.49. The third-order valence-corrected chi connectivity index (χ3v) is 3.00. The molecule has 3 aromatic rings. The lowest BCUT2D eigenvalue weighted by Gasteiger charge is -2.00. The molecule has 0 bridgehead atoms. The summed E-state index contributed by atoms with van der Waals surface area (Å²) in [6, 6.07) is 9.32. The third kappa shape index (κ3) is 3.00. The Labute approximate surface area is 119 Å². The lowest BCUT2D eigenvalue weighted by Crippen LogP contribution is -2.22. The molecule has 0 saturated heterocycles. The van der Waals surface area contributed by atoms with Crippen molar-refractivity contribution in [2.75, 3.05) is 0 Å². The first-order chi connectivity index (χ1) is 10.2. The number of furan rings is 1. The highest BCUT2D eigenvalue weighted by Gasteiger charge is 2.11. The number of carbonyl (C=O) groups excluding carboxylic acids is 1. The molecule has 2 heterocycles. The van der Waals surface area contributed by atoms with Gasteiger partial charge in [0.25, 0.3) is 5.91 Å². The van der Waals surface area contributed by atoms with Gasteiger partial charge in [-0.05, 0) is 36.4 Å². The molecular weight excluding hydrogens is 273 g/mol. The van der Waals surface area contributed by atoms with Crippen molar-refractivity contribution in [3.05, 3.63) is 66.0 Å². The molecule has 0 aliphatic heterocycles. The minimum absolute atomic E-state index is 0.267. The zero-order valence-electron chi connectivity index (χ0n) is 11.0. The molecule has 2 N–H and O–H groups in total. The van der Waals surface area contributed by atoms with Gasteiger partial charge in [-0.1, -0.05) is 0 Å². The summed E-state index contributed by atoms with van der Waals surface area (Å²) in [5.74, 6) is -0.579. The van der Waals surface area contributed by atoms with E-state index in [2.05, 4.69) is 15.5 Å². The second kappa shape index (κ2) is 5.62. The quantitative estimate of drug-likeness (QED) is 0.774. The molecule has 106 valence electrons. The number of aromatic nitrogens is 2. The van der Waals surface area contributed by atoms with E-state index in [0.717, 1.165) is 11.1 Å². The molecule has 21 heavy (non-hydrogen) atoms. The number of hydrogen-bond donors (Lipinski definition) is 2. The second-order valence-corrected chi connectivity index (χ2v) is 4.49. The Morgan fingerprint density at radius 3 is 2.81 bits per heavy atom. The summed E-state index contributed by atoms with van der Waals surface area (Å²) in [5.41, 5.74) is 2.55. The maximum Gasteiger partial charge on any atom is 0.269 e. The Kier molecular flexibility index (Phi) is 3.51. The van der Waals surface area contributed by atoms with Gasteiger partial charge in [-0.2, -0.15) is 5.10 Å². The van der Waals surface area contributed by atoms with Crippen LogP contribution in [0.4, 0.5) is 4.39 Å². The van der Waals surface area contributed by atoms with Crippen LogP contribution < -0.4 is 5.32 Å². The number of hydrogen-bond acceptors (Lipinski definition) is 3. The van der Waals surface area contributed by atoms with Crippen LogP contribution in [0.15, 0.2) is 53.3 Å². The topological polar surface area (TPSA) is 70.9 Å². The van der Waals surface area contributed by atoms with Gasteiger partial charge in [0.05, 0.1) is 18.2 Å². The fourth-order valence-electron chi connectivity index (χ4n) is 1.88. The summed E-state index contributed by atoms with van der Waals surface area (Å²) in [5, 5.41) is 9.47. The van der Waals surface area contributed by atoms with Crippen LogP contribution in [-0.4, -0.2) is 16.1 Å². The number of nitrogens with one attached hydrogen (secondary N) is 2. The molecule has 0 atom stereocenters. The number of benzene rings is 1. The minimum Gasteiger partial charge on any atom is -0.472 e. The fourth-order valence-corrected chi connectivity index (χ4v) is 1.88. The van der Waals surface area contributed by atoms with E-state index in [1.807, 2.05) is 0 Å². The van der Waals surface area contributed by atoms with Crippen molar-refractivity contribution in [3.8, 4) is 11.3 Å². The average molecular weight is 285 g/mol. The highest BCUT2D eigenvalue weighted by molar-refractivity contribution is 5.93. The standard InChI is InChI=1S/C15H12FN3O2/c16-12-3-1-11(2-4-12)13-7-14(19-18-13)15(20)17-8-10-5-6-21-9-10/h1-7,9H,8H2,(H,17,20)(H,18,19). The predicted octanol–water partition coefficient (Wildman–Crippen LogP) is 2.74. The molecule has 0 unspecified atom stereocenters. The predicted molar refractivity (Wildman–Crippen MR) is 73.9 cm³/mol. The van der Waals surface area contributed by atoms with Crippen LogP contribution in [0.1, 0.15) is 16.1 Å². The van der Waals surface area contributed by atoms with E-state index in [9.17, 15) is 9.18 Å². The van der Waals surface area contributed by atoms with Crippen molar-refractivity contribution in [3.63, 3.8) is 0 Å². The normalized spacial score (nSPS) is 10.5. The van der Waals surface area contributed by atoms with E-state index in [4.69, 9.17) is 4.42 Å². The number of carbonyl (C=O) groups is 1. The molecule has 0 spiro atoms. The first kappa shape index (κ1) is 13.1. The van der Waals surface area contributed by atoms with E-state index >= 15 is 0 Å². The molecule has 2 aromatic heterocycles. The van der Waals surface area contributed by atoms with E-state index in [1.54, 1.807) is 36.8 Å². The van der Waals surface area contributed by atoms with E-state index in [0.29, 0.717) is 17.9 Å². The van der Waals surface area contributed by atoms with E-state index in [-0.39, 0.29) is 11.7 Å². The van der Waals surface area contributed by atoms with Gasteiger partial charge in [0, 0.05) is 17.7 Å². The van der Waals surface area contributed by atoms with Crippen molar-refractivity contribution >= 4 is 5.91 Å². The van der Waals surface area contributed by atoms with Crippen LogP contribution in [0.5, 0.6) is 0 Å². The van der Waals surface area contributed by atoms with Gasteiger partial charge in [-0.25, -0.2) is 4.39 Å². The molecule has 0 radical (unpaired) electrons. The van der Waals surface area contributed by atoms with Gasteiger partial charge in [0.1, 0.15) is 11.5 Å². The molecule has 0 fully saturated rings. The molecule has 3 rings (SSSR count). The lowest BCUT2D eigenvalue weighted by molar-refractivity contribution is 0.0946. The Balaban J connectivity index is 1.69. The summed E-state index contributed by atoms with van der Waals surface area (Å²) in [4.78, 5) is 12.0. The summed E-state index contributed by atoms with van der Waals surface area (Å²) in [7, 11) is 0. The molecule has 6 heteroatoms. The number of nitrogens with zero attached hydrogens (tertiary/aromatic N) is 1. The van der Waals surface area contributed by atoms with Crippen molar-refractivity contribution in [2.45, 2.75) is 6.54 Å². The van der Waals surface area contributed by atoms with Crippen LogP contribution in [0.25, 0.3) is 11.3 Å². The molecule has 0 saturated carbocycles. The molecule has 0 aliphatic rings. The number of halogens is 1. The summed E-state index contributed by atoms with van der Waals surface area (Å²) >= 11 is 0. The van der Waals surface area contributed by atoms with E-state index < -0.39 is 0 Å². The summed E-state index contributed by atoms with van der Waals surface area (Å²) in [6.07, 6.45) is 3.11. The minimum atomic E-state index is -0.313. The first-order valence-electron chi connectivity index (χ1n) is 6.33. The Hall–Kier alpha value is -2.89. The van der Waals surface area contributed by atoms with Crippen LogP contribution in [-0.2, 0) is 6.54 Å². The van der Waals surface area contributed by atoms with Gasteiger partial charge >= 0.3 is 0 Å². The lowest BCUT2D eigenvalue weighted by atomic mass is 10.1. The van der Waals surface area contributed by atoms with Crippen LogP contribution in [0, 0.1) is 5.82 Å². The molecule has 1 aromatic carbocycles. The zero-order valence-corrected chi connectivity index (χ0v) is 11.0. The van der Waals surface area contributed by atoms with Gasteiger partial charge in [-0.3, -0.25) is 9.89 Å². The number of aromatic amines is 1.